The highest BCUT2D eigenvalue weighted by Crippen LogP contribution is 2.30. The van der Waals surface area contributed by atoms with Crippen LogP contribution in [0.2, 0.25) is 5.02 Å². The topological polar surface area (TPSA) is 66.8 Å². The molecule has 0 unspecified atom stereocenters. The SMILES string of the molecule is CC(C)(C)c1ccc(Nc2ncnc3c2CCN(c2ncccc2Cl)C3)cn1. The van der Waals surface area contributed by atoms with E-state index >= 15 is 0 Å². The molecule has 1 N–H and O–H groups in total. The van der Waals surface area contributed by atoms with Crippen LogP contribution < -0.4 is 10.2 Å². The van der Waals surface area contributed by atoms with Crippen molar-refractivity contribution in [2.45, 2.75) is 39.2 Å². The van der Waals surface area contributed by atoms with Crippen LogP contribution in [0, 0.1) is 0 Å². The van der Waals surface area contributed by atoms with Crippen molar-refractivity contribution in [3.63, 3.8) is 0 Å². The van der Waals surface area contributed by atoms with E-state index in [1.54, 1.807) is 12.5 Å². The molecular weight excluding hydrogens is 372 g/mol. The molecule has 3 aromatic rings. The molecule has 144 valence electrons. The van der Waals surface area contributed by atoms with E-state index in [1.165, 1.54) is 0 Å². The number of aromatic nitrogens is 4. The number of nitrogens with zero attached hydrogens (tertiary/aromatic N) is 5. The average molecular weight is 395 g/mol. The normalized spacial score (nSPS) is 13.9. The Hall–Kier alpha value is -2.73. The van der Waals surface area contributed by atoms with Gasteiger partial charge in [0.2, 0.25) is 0 Å². The van der Waals surface area contributed by atoms with Gasteiger partial charge in [0.05, 0.1) is 29.1 Å². The summed E-state index contributed by atoms with van der Waals surface area (Å²) in [5.41, 5.74) is 4.13. The minimum absolute atomic E-state index is 0.0306. The molecule has 0 fully saturated rings. The van der Waals surface area contributed by atoms with E-state index in [0.29, 0.717) is 11.6 Å². The second-order valence-electron chi connectivity index (χ2n) is 7.94. The van der Waals surface area contributed by atoms with Crippen LogP contribution in [0.5, 0.6) is 0 Å². The lowest BCUT2D eigenvalue weighted by Crippen LogP contribution is -2.32. The number of pyridine rings is 2. The molecule has 28 heavy (non-hydrogen) atoms. The number of rotatable bonds is 3. The van der Waals surface area contributed by atoms with Gasteiger partial charge in [0.1, 0.15) is 18.0 Å². The van der Waals surface area contributed by atoms with Gasteiger partial charge in [-0.05, 0) is 30.7 Å². The van der Waals surface area contributed by atoms with Crippen molar-refractivity contribution < 1.29 is 0 Å². The molecule has 0 saturated carbocycles. The van der Waals surface area contributed by atoms with Crippen LogP contribution in [0.4, 0.5) is 17.3 Å². The number of halogens is 1. The predicted molar refractivity (Wildman–Crippen MR) is 112 cm³/mol. The summed E-state index contributed by atoms with van der Waals surface area (Å²) in [6.07, 6.45) is 6.04. The second kappa shape index (κ2) is 7.36. The van der Waals surface area contributed by atoms with Crippen LogP contribution >= 0.6 is 11.6 Å². The van der Waals surface area contributed by atoms with E-state index in [9.17, 15) is 0 Å². The van der Waals surface area contributed by atoms with E-state index in [4.69, 9.17) is 11.6 Å². The van der Waals surface area contributed by atoms with Crippen LogP contribution in [0.1, 0.15) is 37.7 Å². The maximum Gasteiger partial charge on any atom is 0.147 e. The lowest BCUT2D eigenvalue weighted by atomic mass is 9.92. The van der Waals surface area contributed by atoms with Gasteiger partial charge in [-0.1, -0.05) is 32.4 Å². The van der Waals surface area contributed by atoms with E-state index in [2.05, 4.69) is 57.0 Å². The fraction of sp³-hybridized carbons (Fsp3) is 0.333. The molecule has 0 bridgehead atoms. The monoisotopic (exact) mass is 394 g/mol. The number of hydrogen-bond donors (Lipinski definition) is 1. The van der Waals surface area contributed by atoms with Crippen LogP contribution in [0.25, 0.3) is 0 Å². The first-order valence-corrected chi connectivity index (χ1v) is 9.71. The highest BCUT2D eigenvalue weighted by atomic mass is 35.5. The summed E-state index contributed by atoms with van der Waals surface area (Å²) in [7, 11) is 0. The van der Waals surface area contributed by atoms with Crippen LogP contribution in [0.3, 0.4) is 0 Å². The van der Waals surface area contributed by atoms with Crippen LogP contribution in [0.15, 0.2) is 43.0 Å². The molecule has 1 aliphatic rings. The smallest absolute Gasteiger partial charge is 0.147 e. The highest BCUT2D eigenvalue weighted by Gasteiger charge is 2.23. The van der Waals surface area contributed by atoms with Crippen LogP contribution in [-0.2, 0) is 18.4 Å². The number of hydrogen-bond acceptors (Lipinski definition) is 6. The van der Waals surface area contributed by atoms with Crippen molar-refractivity contribution in [3.05, 3.63) is 65.0 Å². The molecule has 0 radical (unpaired) electrons. The van der Waals surface area contributed by atoms with E-state index < -0.39 is 0 Å². The fourth-order valence-corrected chi connectivity index (χ4v) is 3.54. The Labute approximate surface area is 170 Å². The summed E-state index contributed by atoms with van der Waals surface area (Å²) in [6.45, 7) is 7.94. The number of nitrogens with one attached hydrogen (secondary N) is 1. The van der Waals surface area contributed by atoms with Gasteiger partial charge in [-0.15, -0.1) is 0 Å². The summed E-state index contributed by atoms with van der Waals surface area (Å²) >= 11 is 6.31. The fourth-order valence-electron chi connectivity index (χ4n) is 3.30. The Balaban J connectivity index is 1.56. The highest BCUT2D eigenvalue weighted by molar-refractivity contribution is 6.32. The Morgan fingerprint density at radius 1 is 1.07 bits per heavy atom. The number of fused-ring (bicyclic) bond motifs is 1. The third-order valence-corrected chi connectivity index (χ3v) is 5.14. The zero-order chi connectivity index (χ0) is 19.7. The first-order chi connectivity index (χ1) is 13.4. The molecule has 0 aliphatic carbocycles. The zero-order valence-electron chi connectivity index (χ0n) is 16.3. The molecule has 4 rings (SSSR count). The third-order valence-electron chi connectivity index (χ3n) is 4.84. The summed E-state index contributed by atoms with van der Waals surface area (Å²) < 4.78 is 0. The van der Waals surface area contributed by atoms with E-state index in [0.717, 1.165) is 47.2 Å². The quantitative estimate of drug-likeness (QED) is 0.704. The maximum absolute atomic E-state index is 6.31. The molecular formula is C21H23ClN6. The molecule has 1 aliphatic heterocycles. The lowest BCUT2D eigenvalue weighted by Gasteiger charge is -2.30. The summed E-state index contributed by atoms with van der Waals surface area (Å²) in [6, 6.07) is 7.80. The van der Waals surface area contributed by atoms with Crippen molar-refractivity contribution in [2.24, 2.45) is 0 Å². The Morgan fingerprint density at radius 2 is 1.93 bits per heavy atom. The average Bonchev–Trinajstić information content (AvgIpc) is 2.68. The van der Waals surface area contributed by atoms with E-state index in [-0.39, 0.29) is 5.41 Å². The van der Waals surface area contributed by atoms with Crippen molar-refractivity contribution in [3.8, 4) is 0 Å². The summed E-state index contributed by atoms with van der Waals surface area (Å²) in [5, 5.41) is 4.06. The molecule has 3 aromatic heterocycles. The van der Waals surface area contributed by atoms with Gasteiger partial charge in [0.15, 0.2) is 0 Å². The minimum atomic E-state index is 0.0306. The molecule has 4 heterocycles. The lowest BCUT2D eigenvalue weighted by molar-refractivity contribution is 0.569. The van der Waals surface area contributed by atoms with Gasteiger partial charge >= 0.3 is 0 Å². The molecule has 0 atom stereocenters. The standard InChI is InChI=1S/C21H23ClN6/c1-21(2,3)18-7-6-14(11-24-18)27-19-15-8-10-28(12-17(15)25-13-26-19)20-16(22)5-4-9-23-20/h4-7,9,11,13H,8,10,12H2,1-3H3,(H,25,26,27). The molecule has 0 spiro atoms. The van der Waals surface area contributed by atoms with Gasteiger partial charge in [-0.3, -0.25) is 4.98 Å². The van der Waals surface area contributed by atoms with Gasteiger partial charge in [0, 0.05) is 29.4 Å². The van der Waals surface area contributed by atoms with Crippen LogP contribution in [-0.4, -0.2) is 26.5 Å². The molecule has 0 amide bonds. The summed E-state index contributed by atoms with van der Waals surface area (Å²) in [5.74, 6) is 1.63. The van der Waals surface area contributed by atoms with Gasteiger partial charge in [-0.2, -0.15) is 0 Å². The van der Waals surface area contributed by atoms with Crippen molar-refractivity contribution in [2.75, 3.05) is 16.8 Å². The maximum atomic E-state index is 6.31. The first kappa shape index (κ1) is 18.6. The Morgan fingerprint density at radius 3 is 2.64 bits per heavy atom. The van der Waals surface area contributed by atoms with Gasteiger partial charge < -0.3 is 10.2 Å². The molecule has 0 saturated heterocycles. The zero-order valence-corrected chi connectivity index (χ0v) is 17.0. The third kappa shape index (κ3) is 3.78. The molecule has 0 aromatic carbocycles. The minimum Gasteiger partial charge on any atom is -0.349 e. The number of anilines is 3. The molecule has 6 nitrogen and oxygen atoms in total. The Kier molecular flexibility index (Phi) is 4.89. The summed E-state index contributed by atoms with van der Waals surface area (Å²) in [4.78, 5) is 20.1. The largest absolute Gasteiger partial charge is 0.349 e. The van der Waals surface area contributed by atoms with E-state index in [1.807, 2.05) is 24.4 Å². The Bertz CT molecular complexity index is 981. The molecule has 7 heteroatoms. The van der Waals surface area contributed by atoms with Crippen molar-refractivity contribution in [1.82, 2.24) is 19.9 Å². The first-order valence-electron chi connectivity index (χ1n) is 9.33. The van der Waals surface area contributed by atoms with Crippen molar-refractivity contribution >= 4 is 28.9 Å². The predicted octanol–water partition coefficient (Wildman–Crippen LogP) is 4.52. The second-order valence-corrected chi connectivity index (χ2v) is 8.34. The van der Waals surface area contributed by atoms with Crippen molar-refractivity contribution in [1.29, 1.82) is 0 Å². The van der Waals surface area contributed by atoms with Gasteiger partial charge in [0.25, 0.3) is 0 Å². The van der Waals surface area contributed by atoms with Gasteiger partial charge in [-0.25, -0.2) is 15.0 Å².